The summed E-state index contributed by atoms with van der Waals surface area (Å²) in [5.41, 5.74) is 0.614. The fourth-order valence-corrected chi connectivity index (χ4v) is 1.49. The van der Waals surface area contributed by atoms with Crippen LogP contribution >= 0.6 is 23.2 Å². The van der Waals surface area contributed by atoms with Crippen LogP contribution in [0.25, 0.3) is 0 Å². The molecule has 0 aliphatic heterocycles. The zero-order chi connectivity index (χ0) is 11.3. The van der Waals surface area contributed by atoms with Crippen LogP contribution in [0.3, 0.4) is 0 Å². The Bertz CT molecular complexity index is 358. The van der Waals surface area contributed by atoms with E-state index in [1.165, 1.54) is 0 Å². The van der Waals surface area contributed by atoms with Crippen LogP contribution in [0.2, 0.25) is 0 Å². The molecule has 0 bridgehead atoms. The van der Waals surface area contributed by atoms with E-state index in [1.54, 1.807) is 25.1 Å². The molecule has 0 heterocycles. The van der Waals surface area contributed by atoms with Crippen LogP contribution in [0.15, 0.2) is 40.9 Å². The monoisotopic (exact) mass is 243 g/mol. The number of amides is 1. The maximum Gasteiger partial charge on any atom is 0.251 e. The Morgan fingerprint density at radius 3 is 2.47 bits per heavy atom. The SMILES string of the molecule is CC(C=C(Cl)Cl)NC(=O)c1ccccc1. The molecule has 0 saturated heterocycles. The largest absolute Gasteiger partial charge is 0.346 e. The summed E-state index contributed by atoms with van der Waals surface area (Å²) in [5.74, 6) is -0.145. The summed E-state index contributed by atoms with van der Waals surface area (Å²) in [6, 6.07) is 8.77. The van der Waals surface area contributed by atoms with E-state index in [-0.39, 0.29) is 16.4 Å². The molecule has 0 radical (unpaired) electrons. The highest BCUT2D eigenvalue weighted by Gasteiger charge is 2.07. The van der Waals surface area contributed by atoms with Gasteiger partial charge in [-0.15, -0.1) is 0 Å². The fourth-order valence-electron chi connectivity index (χ4n) is 1.11. The summed E-state index contributed by atoms with van der Waals surface area (Å²) in [4.78, 5) is 11.6. The van der Waals surface area contributed by atoms with Crippen LogP contribution in [0.4, 0.5) is 0 Å². The van der Waals surface area contributed by atoms with Crippen molar-refractivity contribution in [3.8, 4) is 0 Å². The number of benzene rings is 1. The first-order chi connectivity index (χ1) is 7.09. The van der Waals surface area contributed by atoms with Gasteiger partial charge in [-0.05, 0) is 25.1 Å². The molecule has 1 atom stereocenters. The zero-order valence-electron chi connectivity index (χ0n) is 8.21. The highest BCUT2D eigenvalue weighted by molar-refractivity contribution is 6.55. The second kappa shape index (κ2) is 5.79. The Labute approximate surface area is 98.9 Å². The van der Waals surface area contributed by atoms with Gasteiger partial charge in [0, 0.05) is 11.6 Å². The first kappa shape index (κ1) is 12.1. The molecular weight excluding hydrogens is 233 g/mol. The number of hydrogen-bond acceptors (Lipinski definition) is 1. The molecule has 1 N–H and O–H groups in total. The molecule has 0 saturated carbocycles. The van der Waals surface area contributed by atoms with Crippen molar-refractivity contribution >= 4 is 29.1 Å². The van der Waals surface area contributed by atoms with Gasteiger partial charge in [0.2, 0.25) is 0 Å². The normalized spacial score (nSPS) is 11.7. The van der Waals surface area contributed by atoms with E-state index in [0.29, 0.717) is 5.56 Å². The summed E-state index contributed by atoms with van der Waals surface area (Å²) in [7, 11) is 0. The van der Waals surface area contributed by atoms with Gasteiger partial charge in [-0.2, -0.15) is 0 Å². The van der Waals surface area contributed by atoms with Gasteiger partial charge in [0.25, 0.3) is 5.91 Å². The van der Waals surface area contributed by atoms with E-state index in [0.717, 1.165) is 0 Å². The molecule has 80 valence electrons. The second-order valence-corrected chi connectivity index (χ2v) is 4.09. The van der Waals surface area contributed by atoms with Gasteiger partial charge in [-0.1, -0.05) is 41.4 Å². The van der Waals surface area contributed by atoms with Crippen LogP contribution in [0.1, 0.15) is 17.3 Å². The smallest absolute Gasteiger partial charge is 0.251 e. The van der Waals surface area contributed by atoms with E-state index in [9.17, 15) is 4.79 Å². The topological polar surface area (TPSA) is 29.1 Å². The molecule has 2 nitrogen and oxygen atoms in total. The van der Waals surface area contributed by atoms with Crippen LogP contribution in [-0.4, -0.2) is 11.9 Å². The first-order valence-electron chi connectivity index (χ1n) is 4.48. The standard InChI is InChI=1S/C11H11Cl2NO/c1-8(7-10(12)13)14-11(15)9-5-3-2-4-6-9/h2-8H,1H3,(H,14,15). The minimum absolute atomic E-state index is 0.145. The minimum atomic E-state index is -0.192. The molecular formula is C11H11Cl2NO. The Hall–Kier alpha value is -0.990. The molecule has 1 aromatic carbocycles. The van der Waals surface area contributed by atoms with Crippen molar-refractivity contribution in [2.45, 2.75) is 13.0 Å². The maximum atomic E-state index is 11.6. The third-order valence-corrected chi connectivity index (χ3v) is 2.02. The number of carbonyl (C=O) groups excluding carboxylic acids is 1. The second-order valence-electron chi connectivity index (χ2n) is 3.08. The molecule has 0 aromatic heterocycles. The zero-order valence-corrected chi connectivity index (χ0v) is 9.72. The van der Waals surface area contributed by atoms with Gasteiger partial charge in [0.05, 0.1) is 0 Å². The van der Waals surface area contributed by atoms with Crippen molar-refractivity contribution in [1.29, 1.82) is 0 Å². The summed E-state index contributed by atoms with van der Waals surface area (Å²) in [5, 5.41) is 2.74. The molecule has 1 amide bonds. The summed E-state index contributed by atoms with van der Waals surface area (Å²) >= 11 is 11.0. The highest BCUT2D eigenvalue weighted by Crippen LogP contribution is 2.08. The van der Waals surface area contributed by atoms with Crippen molar-refractivity contribution in [2.24, 2.45) is 0 Å². The quantitative estimate of drug-likeness (QED) is 0.869. The predicted molar refractivity (Wildman–Crippen MR) is 63.2 cm³/mol. The van der Waals surface area contributed by atoms with Gasteiger partial charge in [-0.3, -0.25) is 4.79 Å². The van der Waals surface area contributed by atoms with Crippen molar-refractivity contribution in [2.75, 3.05) is 0 Å². The third-order valence-electron chi connectivity index (χ3n) is 1.77. The fraction of sp³-hybridized carbons (Fsp3) is 0.182. The average molecular weight is 244 g/mol. The van der Waals surface area contributed by atoms with E-state index < -0.39 is 0 Å². The molecule has 15 heavy (non-hydrogen) atoms. The third kappa shape index (κ3) is 4.36. The maximum absolute atomic E-state index is 11.6. The minimum Gasteiger partial charge on any atom is -0.346 e. The van der Waals surface area contributed by atoms with Gasteiger partial charge >= 0.3 is 0 Å². The van der Waals surface area contributed by atoms with Crippen molar-refractivity contribution in [1.82, 2.24) is 5.32 Å². The number of halogens is 2. The van der Waals surface area contributed by atoms with Crippen LogP contribution in [-0.2, 0) is 0 Å². The lowest BCUT2D eigenvalue weighted by atomic mass is 10.2. The predicted octanol–water partition coefficient (Wildman–Crippen LogP) is 3.12. The summed E-state index contributed by atoms with van der Waals surface area (Å²) < 4.78 is 0.149. The van der Waals surface area contributed by atoms with Crippen LogP contribution < -0.4 is 5.32 Å². The van der Waals surface area contributed by atoms with Gasteiger partial charge in [0.15, 0.2) is 0 Å². The van der Waals surface area contributed by atoms with Gasteiger partial charge in [-0.25, -0.2) is 0 Å². The molecule has 0 spiro atoms. The average Bonchev–Trinajstić information content (AvgIpc) is 2.17. The van der Waals surface area contributed by atoms with Gasteiger partial charge < -0.3 is 5.32 Å². The lowest BCUT2D eigenvalue weighted by Crippen LogP contribution is -2.31. The Morgan fingerprint density at radius 1 is 1.33 bits per heavy atom. The molecule has 0 aliphatic carbocycles. The lowest BCUT2D eigenvalue weighted by molar-refractivity contribution is 0.0947. The summed E-state index contributed by atoms with van der Waals surface area (Å²) in [6.45, 7) is 1.80. The molecule has 0 fully saturated rings. The highest BCUT2D eigenvalue weighted by atomic mass is 35.5. The van der Waals surface area contributed by atoms with Crippen LogP contribution in [0.5, 0.6) is 0 Å². The molecule has 1 rings (SSSR count). The Morgan fingerprint density at radius 2 is 1.93 bits per heavy atom. The van der Waals surface area contributed by atoms with Crippen LogP contribution in [0, 0.1) is 0 Å². The van der Waals surface area contributed by atoms with E-state index in [4.69, 9.17) is 23.2 Å². The number of rotatable bonds is 3. The first-order valence-corrected chi connectivity index (χ1v) is 5.24. The summed E-state index contributed by atoms with van der Waals surface area (Å²) in [6.07, 6.45) is 1.56. The number of nitrogens with one attached hydrogen (secondary N) is 1. The Kier molecular flexibility index (Phi) is 4.66. The van der Waals surface area contributed by atoms with E-state index in [1.807, 2.05) is 18.2 Å². The number of hydrogen-bond donors (Lipinski definition) is 1. The van der Waals surface area contributed by atoms with E-state index in [2.05, 4.69) is 5.32 Å². The lowest BCUT2D eigenvalue weighted by Gasteiger charge is -2.09. The number of carbonyl (C=O) groups is 1. The molecule has 0 aliphatic rings. The molecule has 1 unspecified atom stereocenters. The van der Waals surface area contributed by atoms with Crippen molar-refractivity contribution in [3.63, 3.8) is 0 Å². The van der Waals surface area contributed by atoms with E-state index >= 15 is 0 Å². The Balaban J connectivity index is 2.61. The molecule has 4 heteroatoms. The van der Waals surface area contributed by atoms with Crippen molar-refractivity contribution < 1.29 is 4.79 Å². The van der Waals surface area contributed by atoms with Gasteiger partial charge in [0.1, 0.15) is 4.49 Å². The molecule has 1 aromatic rings. The van der Waals surface area contributed by atoms with Crippen molar-refractivity contribution in [3.05, 3.63) is 46.5 Å².